The molecule has 2 nitrogen and oxygen atoms in total. The second-order valence-electron chi connectivity index (χ2n) is 3.91. The third kappa shape index (κ3) is 2.81. The molecule has 1 saturated heterocycles. The molecule has 0 saturated carbocycles. The lowest BCUT2D eigenvalue weighted by molar-refractivity contribution is 0.0345. The number of hydrogen-bond acceptors (Lipinski definition) is 3. The highest BCUT2D eigenvalue weighted by atomic mass is 79.9. The first kappa shape index (κ1) is 11.6. The van der Waals surface area contributed by atoms with E-state index in [0.717, 1.165) is 26.1 Å². The third-order valence-electron chi connectivity index (χ3n) is 2.98. The van der Waals surface area contributed by atoms with Crippen LogP contribution in [0.2, 0.25) is 0 Å². The zero-order valence-electron chi connectivity index (χ0n) is 8.83. The summed E-state index contributed by atoms with van der Waals surface area (Å²) in [7, 11) is 2.05. The number of rotatable bonds is 3. The molecule has 0 amide bonds. The van der Waals surface area contributed by atoms with Crippen LogP contribution in [0.1, 0.15) is 11.3 Å². The monoisotopic (exact) mass is 289 g/mol. The summed E-state index contributed by atoms with van der Waals surface area (Å²) in [4.78, 5) is 1.44. The van der Waals surface area contributed by atoms with Crippen molar-refractivity contribution in [2.45, 2.75) is 18.9 Å². The van der Waals surface area contributed by atoms with Gasteiger partial charge < -0.3 is 10.1 Å². The van der Waals surface area contributed by atoms with E-state index in [1.165, 1.54) is 9.35 Å². The molecule has 1 aromatic rings. The average Bonchev–Trinajstić information content (AvgIpc) is 2.65. The molecular weight excluding hydrogens is 274 g/mol. The Morgan fingerprint density at radius 1 is 1.67 bits per heavy atom. The van der Waals surface area contributed by atoms with Crippen LogP contribution in [0, 0.1) is 5.92 Å². The molecule has 4 heteroatoms. The van der Waals surface area contributed by atoms with Crippen molar-refractivity contribution in [2.75, 3.05) is 20.3 Å². The number of halogens is 1. The third-order valence-corrected chi connectivity index (χ3v) is 4.93. The van der Waals surface area contributed by atoms with Crippen molar-refractivity contribution in [1.29, 1.82) is 0 Å². The second kappa shape index (κ2) is 5.43. The molecule has 2 rings (SSSR count). The Morgan fingerprint density at radius 3 is 3.20 bits per heavy atom. The number of nitrogens with one attached hydrogen (secondary N) is 1. The van der Waals surface area contributed by atoms with Crippen LogP contribution in [-0.4, -0.2) is 26.3 Å². The molecular formula is C11H16BrNOS. The summed E-state index contributed by atoms with van der Waals surface area (Å²) in [5.41, 5.74) is 0. The molecule has 15 heavy (non-hydrogen) atoms. The molecule has 1 aromatic heterocycles. The Bertz CT molecular complexity index is 315. The van der Waals surface area contributed by atoms with Gasteiger partial charge in [0.15, 0.2) is 0 Å². The lowest BCUT2D eigenvalue weighted by Gasteiger charge is -2.31. The van der Waals surface area contributed by atoms with Crippen LogP contribution in [-0.2, 0) is 11.2 Å². The molecule has 0 spiro atoms. The summed E-state index contributed by atoms with van der Waals surface area (Å²) in [6.45, 7) is 1.78. The van der Waals surface area contributed by atoms with Crippen LogP contribution in [0.4, 0.5) is 0 Å². The number of ether oxygens (including phenoxy) is 1. The van der Waals surface area contributed by atoms with Crippen LogP contribution in [0.5, 0.6) is 0 Å². The van der Waals surface area contributed by atoms with Crippen LogP contribution >= 0.6 is 27.3 Å². The van der Waals surface area contributed by atoms with E-state index in [1.54, 1.807) is 0 Å². The number of hydrogen-bond donors (Lipinski definition) is 1. The highest BCUT2D eigenvalue weighted by Crippen LogP contribution is 2.28. The maximum Gasteiger partial charge on any atom is 0.0512 e. The normalized spacial score (nSPS) is 26.8. The Labute approximate surface area is 103 Å². The maximum absolute atomic E-state index is 5.55. The molecule has 1 N–H and O–H groups in total. The van der Waals surface area contributed by atoms with E-state index in [1.807, 2.05) is 18.4 Å². The van der Waals surface area contributed by atoms with Crippen molar-refractivity contribution >= 4 is 27.3 Å². The van der Waals surface area contributed by atoms with E-state index in [9.17, 15) is 0 Å². The average molecular weight is 290 g/mol. The predicted octanol–water partition coefficient (Wildman–Crippen LogP) is 2.68. The van der Waals surface area contributed by atoms with Gasteiger partial charge in [0.2, 0.25) is 0 Å². The molecule has 0 radical (unpaired) electrons. The molecule has 2 heterocycles. The molecule has 2 unspecified atom stereocenters. The van der Waals surface area contributed by atoms with Gasteiger partial charge in [-0.05, 0) is 47.3 Å². The van der Waals surface area contributed by atoms with Gasteiger partial charge in [-0.1, -0.05) is 0 Å². The summed E-state index contributed by atoms with van der Waals surface area (Å²) >= 11 is 5.41. The minimum Gasteiger partial charge on any atom is -0.381 e. The fourth-order valence-electron chi connectivity index (χ4n) is 2.09. The molecule has 84 valence electrons. The largest absolute Gasteiger partial charge is 0.381 e. The lowest BCUT2D eigenvalue weighted by Crippen LogP contribution is -2.41. The van der Waals surface area contributed by atoms with Crippen molar-refractivity contribution < 1.29 is 4.74 Å². The van der Waals surface area contributed by atoms with Gasteiger partial charge in [0.1, 0.15) is 0 Å². The molecule has 0 aromatic carbocycles. The van der Waals surface area contributed by atoms with Gasteiger partial charge in [-0.25, -0.2) is 0 Å². The Balaban J connectivity index is 2.00. The highest BCUT2D eigenvalue weighted by molar-refractivity contribution is 9.10. The van der Waals surface area contributed by atoms with Gasteiger partial charge in [-0.2, -0.15) is 0 Å². The molecule has 1 fully saturated rings. The Hall–Kier alpha value is 0.100. The summed E-state index contributed by atoms with van der Waals surface area (Å²) in [6, 6.07) is 2.73. The summed E-state index contributed by atoms with van der Waals surface area (Å²) < 4.78 is 6.80. The van der Waals surface area contributed by atoms with Crippen LogP contribution < -0.4 is 5.32 Å². The van der Waals surface area contributed by atoms with E-state index in [4.69, 9.17) is 4.74 Å². The van der Waals surface area contributed by atoms with Crippen LogP contribution in [0.25, 0.3) is 0 Å². The Kier molecular flexibility index (Phi) is 4.20. The van der Waals surface area contributed by atoms with Crippen LogP contribution in [0.15, 0.2) is 15.9 Å². The van der Waals surface area contributed by atoms with Crippen LogP contribution in [0.3, 0.4) is 0 Å². The van der Waals surface area contributed by atoms with Gasteiger partial charge in [0.25, 0.3) is 0 Å². The lowest BCUT2D eigenvalue weighted by atomic mass is 9.92. The fraction of sp³-hybridized carbons (Fsp3) is 0.636. The van der Waals surface area contributed by atoms with Crippen molar-refractivity contribution in [3.63, 3.8) is 0 Å². The number of thiophene rings is 1. The second-order valence-corrected chi connectivity index (χ2v) is 5.77. The molecule has 1 aliphatic heterocycles. The molecule has 1 aliphatic rings. The van der Waals surface area contributed by atoms with E-state index < -0.39 is 0 Å². The maximum atomic E-state index is 5.55. The topological polar surface area (TPSA) is 21.3 Å². The molecule has 2 atom stereocenters. The van der Waals surface area contributed by atoms with Gasteiger partial charge in [-0.15, -0.1) is 11.3 Å². The van der Waals surface area contributed by atoms with E-state index in [-0.39, 0.29) is 0 Å². The molecule has 0 bridgehead atoms. The first-order valence-electron chi connectivity index (χ1n) is 5.28. The fourth-order valence-corrected chi connectivity index (χ4v) is 3.70. The highest BCUT2D eigenvalue weighted by Gasteiger charge is 2.25. The Morgan fingerprint density at radius 2 is 2.53 bits per heavy atom. The zero-order valence-corrected chi connectivity index (χ0v) is 11.2. The summed E-state index contributed by atoms with van der Waals surface area (Å²) in [5.74, 6) is 0.610. The van der Waals surface area contributed by atoms with Crippen molar-refractivity contribution in [1.82, 2.24) is 5.32 Å². The van der Waals surface area contributed by atoms with Crippen molar-refractivity contribution in [3.05, 3.63) is 20.8 Å². The van der Waals surface area contributed by atoms with Gasteiger partial charge in [0, 0.05) is 27.9 Å². The van der Waals surface area contributed by atoms with E-state index in [0.29, 0.717) is 12.0 Å². The zero-order chi connectivity index (χ0) is 10.7. The van der Waals surface area contributed by atoms with Crippen molar-refractivity contribution in [2.24, 2.45) is 5.92 Å². The van der Waals surface area contributed by atoms with Crippen molar-refractivity contribution in [3.8, 4) is 0 Å². The first-order chi connectivity index (χ1) is 7.31. The van der Waals surface area contributed by atoms with Gasteiger partial charge in [-0.3, -0.25) is 0 Å². The standard InChI is InChI=1S/C11H16BrNOS/c1-13-10-2-4-14-7-8(10)6-11-9(12)3-5-15-11/h3,5,8,10,13H,2,4,6-7H2,1H3. The first-order valence-corrected chi connectivity index (χ1v) is 6.95. The van der Waals surface area contributed by atoms with E-state index >= 15 is 0 Å². The molecule has 0 aliphatic carbocycles. The summed E-state index contributed by atoms with van der Waals surface area (Å²) in [5, 5.41) is 5.53. The SMILES string of the molecule is CNC1CCOCC1Cc1sccc1Br. The van der Waals surface area contributed by atoms with Gasteiger partial charge >= 0.3 is 0 Å². The minimum atomic E-state index is 0.604. The van der Waals surface area contributed by atoms with E-state index in [2.05, 4.69) is 32.7 Å². The summed E-state index contributed by atoms with van der Waals surface area (Å²) in [6.07, 6.45) is 2.24. The quantitative estimate of drug-likeness (QED) is 0.924. The smallest absolute Gasteiger partial charge is 0.0512 e. The minimum absolute atomic E-state index is 0.604. The van der Waals surface area contributed by atoms with Gasteiger partial charge in [0.05, 0.1) is 6.61 Å². The predicted molar refractivity (Wildman–Crippen MR) is 67.5 cm³/mol.